The first-order valence-electron chi connectivity index (χ1n) is 7.90. The van der Waals surface area contributed by atoms with Crippen LogP contribution in [0.2, 0.25) is 0 Å². The molecule has 0 radical (unpaired) electrons. The highest BCUT2D eigenvalue weighted by Gasteiger charge is 2.32. The summed E-state index contributed by atoms with van der Waals surface area (Å²) in [5.74, 6) is -0.857. The van der Waals surface area contributed by atoms with Crippen molar-refractivity contribution in [1.82, 2.24) is 10.2 Å². The third-order valence-electron chi connectivity index (χ3n) is 3.98. The number of piperazine rings is 1. The van der Waals surface area contributed by atoms with Gasteiger partial charge in [-0.25, -0.2) is 4.39 Å². The quantitative estimate of drug-likeness (QED) is 0.692. The van der Waals surface area contributed by atoms with Gasteiger partial charge in [-0.1, -0.05) is 19.8 Å². The van der Waals surface area contributed by atoms with Crippen molar-refractivity contribution in [3.63, 3.8) is 0 Å². The highest BCUT2D eigenvalue weighted by atomic mass is 35.5. The number of hydrogen-bond acceptors (Lipinski definition) is 3. The van der Waals surface area contributed by atoms with Crippen LogP contribution in [0.1, 0.15) is 37.8 Å². The van der Waals surface area contributed by atoms with Gasteiger partial charge in [-0.15, -0.1) is 38.0 Å². The van der Waals surface area contributed by atoms with Crippen LogP contribution in [-0.2, 0) is 0 Å². The standard InChI is InChI=1S/C16H22F4N2O.2ClH/c1-2-3-4-15(22-9-7-21-8-10-22)13-11-12(5-6-14(13)17)23-16(18,19)20;;/h5-6,11,15,21H,2-4,7-10H2,1H3;2*1H/t15-;;/m0../s1. The van der Waals surface area contributed by atoms with Gasteiger partial charge in [-0.05, 0) is 24.6 Å². The summed E-state index contributed by atoms with van der Waals surface area (Å²) in [6, 6.07) is 3.03. The van der Waals surface area contributed by atoms with E-state index < -0.39 is 12.2 Å². The second kappa shape index (κ2) is 11.1. The third kappa shape index (κ3) is 7.56. The van der Waals surface area contributed by atoms with Crippen molar-refractivity contribution < 1.29 is 22.3 Å². The molecule has 1 N–H and O–H groups in total. The predicted molar refractivity (Wildman–Crippen MR) is 94.3 cm³/mol. The van der Waals surface area contributed by atoms with Crippen molar-refractivity contribution in [3.8, 4) is 5.75 Å². The first-order valence-corrected chi connectivity index (χ1v) is 7.90. The van der Waals surface area contributed by atoms with Gasteiger partial charge in [0.15, 0.2) is 0 Å². The summed E-state index contributed by atoms with van der Waals surface area (Å²) < 4.78 is 55.4. The molecule has 9 heteroatoms. The zero-order valence-corrected chi connectivity index (χ0v) is 15.6. The molecule has 0 bridgehead atoms. The van der Waals surface area contributed by atoms with E-state index in [0.29, 0.717) is 6.42 Å². The number of ether oxygens (including phenoxy) is 1. The molecule has 1 fully saturated rings. The Morgan fingerprint density at radius 2 is 1.84 bits per heavy atom. The minimum Gasteiger partial charge on any atom is -0.406 e. The van der Waals surface area contributed by atoms with E-state index in [4.69, 9.17) is 0 Å². The maximum atomic E-state index is 14.3. The Morgan fingerprint density at radius 3 is 2.40 bits per heavy atom. The topological polar surface area (TPSA) is 24.5 Å². The number of nitrogens with one attached hydrogen (secondary N) is 1. The third-order valence-corrected chi connectivity index (χ3v) is 3.98. The summed E-state index contributed by atoms with van der Waals surface area (Å²) in [4.78, 5) is 2.13. The Balaban J connectivity index is 0.00000288. The van der Waals surface area contributed by atoms with E-state index in [-0.39, 0.29) is 42.2 Å². The molecule has 1 heterocycles. The Bertz CT molecular complexity index is 511. The molecule has 3 nitrogen and oxygen atoms in total. The van der Waals surface area contributed by atoms with Crippen LogP contribution in [0.5, 0.6) is 5.75 Å². The molecule has 1 atom stereocenters. The van der Waals surface area contributed by atoms with E-state index in [2.05, 4.69) is 15.0 Å². The minimum atomic E-state index is -4.77. The maximum absolute atomic E-state index is 14.3. The average Bonchev–Trinajstić information content (AvgIpc) is 2.50. The Labute approximate surface area is 157 Å². The number of rotatable bonds is 6. The number of unbranched alkanes of at least 4 members (excludes halogenated alkanes) is 1. The van der Waals surface area contributed by atoms with E-state index in [1.807, 2.05) is 6.92 Å². The zero-order valence-electron chi connectivity index (χ0n) is 13.9. The molecule has 0 spiro atoms. The van der Waals surface area contributed by atoms with Crippen LogP contribution in [0.4, 0.5) is 17.6 Å². The summed E-state index contributed by atoms with van der Waals surface area (Å²) in [6.07, 6.45) is -2.23. The molecule has 0 saturated carbocycles. The van der Waals surface area contributed by atoms with Crippen molar-refractivity contribution >= 4 is 24.8 Å². The van der Waals surface area contributed by atoms with E-state index in [1.165, 1.54) is 6.07 Å². The molecule has 2 rings (SSSR count). The number of hydrogen-bond donors (Lipinski definition) is 1. The van der Waals surface area contributed by atoms with Crippen LogP contribution in [-0.4, -0.2) is 37.4 Å². The largest absolute Gasteiger partial charge is 0.573 e. The normalized spacial score (nSPS) is 16.5. The fraction of sp³-hybridized carbons (Fsp3) is 0.625. The first-order chi connectivity index (χ1) is 10.9. The highest BCUT2D eigenvalue weighted by Crippen LogP contribution is 2.33. The molecule has 0 aromatic heterocycles. The van der Waals surface area contributed by atoms with Gasteiger partial charge in [-0.3, -0.25) is 4.90 Å². The van der Waals surface area contributed by atoms with E-state index in [1.54, 1.807) is 0 Å². The van der Waals surface area contributed by atoms with E-state index in [0.717, 1.165) is 51.2 Å². The predicted octanol–water partition coefficient (Wildman–Crippen LogP) is 4.70. The second-order valence-corrected chi connectivity index (χ2v) is 5.68. The summed E-state index contributed by atoms with van der Waals surface area (Å²) in [5.41, 5.74) is 0.280. The van der Waals surface area contributed by atoms with E-state index in [9.17, 15) is 17.6 Å². The van der Waals surface area contributed by atoms with Crippen molar-refractivity contribution in [1.29, 1.82) is 0 Å². The van der Waals surface area contributed by atoms with Crippen LogP contribution in [0.15, 0.2) is 18.2 Å². The lowest BCUT2D eigenvalue weighted by Crippen LogP contribution is -2.45. The lowest BCUT2D eigenvalue weighted by atomic mass is 9.98. The number of benzene rings is 1. The summed E-state index contributed by atoms with van der Waals surface area (Å²) in [7, 11) is 0. The van der Waals surface area contributed by atoms with Gasteiger partial charge in [0.25, 0.3) is 0 Å². The average molecular weight is 407 g/mol. The highest BCUT2D eigenvalue weighted by molar-refractivity contribution is 5.85. The van der Waals surface area contributed by atoms with Gasteiger partial charge in [0, 0.05) is 37.8 Å². The van der Waals surface area contributed by atoms with Gasteiger partial charge in [0.05, 0.1) is 0 Å². The molecule has 1 aliphatic rings. The molecule has 146 valence electrons. The van der Waals surface area contributed by atoms with Gasteiger partial charge >= 0.3 is 6.36 Å². The molecule has 1 saturated heterocycles. The minimum absolute atomic E-state index is 0. The van der Waals surface area contributed by atoms with Gasteiger partial charge < -0.3 is 10.1 Å². The fourth-order valence-corrected chi connectivity index (χ4v) is 2.90. The summed E-state index contributed by atoms with van der Waals surface area (Å²) in [5, 5.41) is 3.23. The maximum Gasteiger partial charge on any atom is 0.573 e. The van der Waals surface area contributed by atoms with Crippen molar-refractivity contribution in [2.45, 2.75) is 38.6 Å². The Kier molecular flexibility index (Phi) is 10.7. The summed E-state index contributed by atoms with van der Waals surface area (Å²) >= 11 is 0. The van der Waals surface area contributed by atoms with Crippen molar-refractivity contribution in [2.24, 2.45) is 0 Å². The lowest BCUT2D eigenvalue weighted by molar-refractivity contribution is -0.274. The smallest absolute Gasteiger partial charge is 0.406 e. The zero-order chi connectivity index (χ0) is 16.9. The van der Waals surface area contributed by atoms with Gasteiger partial charge in [0.1, 0.15) is 11.6 Å². The Morgan fingerprint density at radius 1 is 1.20 bits per heavy atom. The monoisotopic (exact) mass is 406 g/mol. The van der Waals surface area contributed by atoms with Gasteiger partial charge in [-0.2, -0.15) is 0 Å². The molecule has 0 amide bonds. The summed E-state index contributed by atoms with van der Waals surface area (Å²) in [6.45, 7) is 5.12. The molecule has 1 aromatic rings. The molecule has 0 unspecified atom stereocenters. The van der Waals surface area contributed by atoms with Gasteiger partial charge in [0.2, 0.25) is 0 Å². The molecular formula is C16H24Cl2F4N2O. The number of halogens is 6. The lowest BCUT2D eigenvalue weighted by Gasteiger charge is -2.35. The first kappa shape index (κ1) is 24.2. The number of nitrogens with zero attached hydrogens (tertiary/aromatic N) is 1. The van der Waals surface area contributed by atoms with Crippen LogP contribution in [0.25, 0.3) is 0 Å². The second-order valence-electron chi connectivity index (χ2n) is 5.68. The molecule has 0 aliphatic carbocycles. The van der Waals surface area contributed by atoms with Crippen LogP contribution < -0.4 is 10.1 Å². The fourth-order valence-electron chi connectivity index (χ4n) is 2.90. The number of alkyl halides is 3. The van der Waals surface area contributed by atoms with Crippen molar-refractivity contribution in [3.05, 3.63) is 29.6 Å². The molecule has 1 aliphatic heterocycles. The van der Waals surface area contributed by atoms with Crippen LogP contribution >= 0.6 is 24.8 Å². The van der Waals surface area contributed by atoms with E-state index >= 15 is 0 Å². The molecule has 25 heavy (non-hydrogen) atoms. The van der Waals surface area contributed by atoms with Crippen LogP contribution in [0.3, 0.4) is 0 Å². The van der Waals surface area contributed by atoms with Crippen LogP contribution in [0, 0.1) is 5.82 Å². The molecular weight excluding hydrogens is 383 g/mol. The Hall–Kier alpha value is -0.760. The van der Waals surface area contributed by atoms with Crippen molar-refractivity contribution in [2.75, 3.05) is 26.2 Å². The molecule has 1 aromatic carbocycles. The SMILES string of the molecule is CCCC[C@@H](c1cc(OC(F)(F)F)ccc1F)N1CCNCC1.Cl.Cl.